The van der Waals surface area contributed by atoms with Gasteiger partial charge in [-0.3, -0.25) is 9.79 Å². The number of benzene rings is 1. The summed E-state index contributed by atoms with van der Waals surface area (Å²) in [4.78, 5) is 20.8. The number of hydrogen-bond acceptors (Lipinski definition) is 5. The van der Waals surface area contributed by atoms with Gasteiger partial charge < -0.3 is 20.4 Å². The number of nitrogens with zero attached hydrogens (tertiary/aromatic N) is 3. The topological polar surface area (TPSA) is 60.0 Å². The molecule has 4 rings (SSSR count). The maximum Gasteiger partial charge on any atom is 0.429 e. The molecule has 218 valence electrons. The molecule has 3 aliphatic heterocycles. The Morgan fingerprint density at radius 1 is 0.923 bits per heavy atom. The minimum Gasteiger partial charge on any atom is -0.382 e. The maximum absolute atomic E-state index is 13.0. The first kappa shape index (κ1) is 29.8. The average molecular weight is 550 g/mol. The van der Waals surface area contributed by atoms with E-state index in [1.54, 1.807) is 0 Å². The van der Waals surface area contributed by atoms with Gasteiger partial charge in [-0.15, -0.1) is 0 Å². The van der Waals surface area contributed by atoms with Crippen LogP contribution in [0.1, 0.15) is 77.7 Å². The zero-order chi connectivity index (χ0) is 28.0. The van der Waals surface area contributed by atoms with Crippen molar-refractivity contribution in [1.29, 1.82) is 0 Å². The summed E-state index contributed by atoms with van der Waals surface area (Å²) >= 11 is 0. The molecule has 1 unspecified atom stereocenters. The molecular formula is C30H46F3N5O. The van der Waals surface area contributed by atoms with E-state index in [9.17, 15) is 18.0 Å². The van der Waals surface area contributed by atoms with Crippen LogP contribution in [0, 0.1) is 0 Å². The average Bonchev–Trinajstić information content (AvgIpc) is 2.89. The molecule has 9 heteroatoms. The number of anilines is 1. The van der Waals surface area contributed by atoms with Gasteiger partial charge >= 0.3 is 6.18 Å². The Hall–Kier alpha value is -2.13. The van der Waals surface area contributed by atoms with Crippen molar-refractivity contribution < 1.29 is 18.0 Å². The first-order chi connectivity index (χ1) is 18.5. The zero-order valence-electron chi connectivity index (χ0n) is 23.8. The van der Waals surface area contributed by atoms with Crippen LogP contribution in [0.2, 0.25) is 0 Å². The van der Waals surface area contributed by atoms with Crippen LogP contribution in [0.15, 0.2) is 29.3 Å². The monoisotopic (exact) mass is 549 g/mol. The Bertz CT molecular complexity index is 956. The van der Waals surface area contributed by atoms with E-state index >= 15 is 0 Å². The molecule has 0 radical (unpaired) electrons. The highest BCUT2D eigenvalue weighted by molar-refractivity contribution is 5.90. The molecule has 2 fully saturated rings. The summed E-state index contributed by atoms with van der Waals surface area (Å²) in [6.45, 7) is 11.3. The lowest BCUT2D eigenvalue weighted by atomic mass is 9.87. The number of carbonyl (C=O) groups is 1. The van der Waals surface area contributed by atoms with Crippen molar-refractivity contribution in [2.24, 2.45) is 4.99 Å². The standard InChI is InChI=1S/C30H46F3N5O/c1-29(2,3)22-6-8-23(9-7-22)35-24-11-17-37(18-12-24)16-4-5-28(39)38-19-13-25(14-20-38)36-26-10-15-34-27(21-26)30(31,32)33/h6-9,24-26,35-36H,4-5,10-21H2,1-3H3. The number of aliphatic imine (C=N–C) groups is 1. The third-order valence-corrected chi connectivity index (χ3v) is 8.44. The molecule has 2 N–H and O–H groups in total. The summed E-state index contributed by atoms with van der Waals surface area (Å²) in [6, 6.07) is 9.27. The third-order valence-electron chi connectivity index (χ3n) is 8.44. The van der Waals surface area contributed by atoms with Crippen molar-refractivity contribution in [3.8, 4) is 0 Å². The molecule has 0 spiro atoms. The molecule has 3 heterocycles. The van der Waals surface area contributed by atoms with Crippen LogP contribution in [-0.2, 0) is 10.2 Å². The molecule has 1 atom stereocenters. The van der Waals surface area contributed by atoms with Gasteiger partial charge in [0.25, 0.3) is 0 Å². The number of likely N-dealkylation sites (tertiary alicyclic amines) is 2. The van der Waals surface area contributed by atoms with Gasteiger partial charge in [-0.25, -0.2) is 0 Å². The lowest BCUT2D eigenvalue weighted by molar-refractivity contribution is -0.132. The Kier molecular flexibility index (Phi) is 9.97. The number of alkyl halides is 3. The SMILES string of the molecule is CC(C)(C)c1ccc(NC2CCN(CCCC(=O)N3CCC(NC4CCN=C(C(F)(F)F)C4)CC3)CC2)cc1. The van der Waals surface area contributed by atoms with Gasteiger partial charge in [-0.2, -0.15) is 13.2 Å². The van der Waals surface area contributed by atoms with E-state index in [-0.39, 0.29) is 36.4 Å². The lowest BCUT2D eigenvalue weighted by Crippen LogP contribution is -2.49. The molecule has 3 aliphatic rings. The molecule has 0 aromatic heterocycles. The van der Waals surface area contributed by atoms with Crippen LogP contribution >= 0.6 is 0 Å². The fourth-order valence-corrected chi connectivity index (χ4v) is 5.95. The molecule has 2 saturated heterocycles. The predicted octanol–water partition coefficient (Wildman–Crippen LogP) is 5.39. The Morgan fingerprint density at radius 2 is 1.56 bits per heavy atom. The quantitative estimate of drug-likeness (QED) is 0.457. The molecule has 39 heavy (non-hydrogen) atoms. The number of nitrogens with one attached hydrogen (secondary N) is 2. The number of piperidine rings is 2. The first-order valence-electron chi connectivity index (χ1n) is 14.7. The Labute approximate surface area is 231 Å². The van der Waals surface area contributed by atoms with Crippen molar-refractivity contribution in [2.75, 3.05) is 44.6 Å². The number of halogens is 3. The van der Waals surface area contributed by atoms with Crippen LogP contribution in [0.3, 0.4) is 0 Å². The molecule has 1 amide bonds. The van der Waals surface area contributed by atoms with Crippen molar-refractivity contribution >= 4 is 17.3 Å². The highest BCUT2D eigenvalue weighted by Crippen LogP contribution is 2.26. The van der Waals surface area contributed by atoms with Gasteiger partial charge in [-0.05, 0) is 68.2 Å². The highest BCUT2D eigenvalue weighted by Gasteiger charge is 2.38. The van der Waals surface area contributed by atoms with Crippen LogP contribution in [0.5, 0.6) is 0 Å². The summed E-state index contributed by atoms with van der Waals surface area (Å²) in [5.74, 6) is 0.202. The third kappa shape index (κ3) is 8.93. The highest BCUT2D eigenvalue weighted by atomic mass is 19.4. The van der Waals surface area contributed by atoms with Gasteiger partial charge in [-0.1, -0.05) is 32.9 Å². The molecule has 1 aromatic rings. The smallest absolute Gasteiger partial charge is 0.382 e. The van der Waals surface area contributed by atoms with Gasteiger partial charge in [0.1, 0.15) is 5.71 Å². The maximum atomic E-state index is 13.0. The Morgan fingerprint density at radius 3 is 2.18 bits per heavy atom. The molecule has 1 aromatic carbocycles. The molecule has 6 nitrogen and oxygen atoms in total. The first-order valence-corrected chi connectivity index (χ1v) is 14.7. The van der Waals surface area contributed by atoms with Gasteiger partial charge in [0.2, 0.25) is 5.91 Å². The van der Waals surface area contributed by atoms with E-state index in [1.165, 1.54) is 11.3 Å². The van der Waals surface area contributed by atoms with Gasteiger partial charge in [0.15, 0.2) is 0 Å². The minimum absolute atomic E-state index is 0.0551. The second kappa shape index (κ2) is 13.0. The lowest BCUT2D eigenvalue weighted by Gasteiger charge is -2.36. The summed E-state index contributed by atoms with van der Waals surface area (Å²) in [7, 11) is 0. The van der Waals surface area contributed by atoms with Crippen molar-refractivity contribution in [1.82, 2.24) is 15.1 Å². The van der Waals surface area contributed by atoms with Crippen molar-refractivity contribution in [3.63, 3.8) is 0 Å². The minimum atomic E-state index is -4.33. The molecular weight excluding hydrogens is 503 g/mol. The summed E-state index contributed by atoms with van der Waals surface area (Å²) in [6.07, 6.45) is 1.47. The second-order valence-electron chi connectivity index (χ2n) is 12.5. The van der Waals surface area contributed by atoms with Gasteiger partial charge in [0, 0.05) is 69.4 Å². The summed E-state index contributed by atoms with van der Waals surface area (Å²) < 4.78 is 39.0. The summed E-state index contributed by atoms with van der Waals surface area (Å²) in [5.41, 5.74) is 2.04. The van der Waals surface area contributed by atoms with Crippen molar-refractivity contribution in [2.45, 2.75) is 102 Å². The zero-order valence-corrected chi connectivity index (χ0v) is 23.8. The number of rotatable bonds is 8. The van der Waals surface area contributed by atoms with E-state index in [0.717, 1.165) is 51.7 Å². The van der Waals surface area contributed by atoms with Crippen LogP contribution in [0.4, 0.5) is 18.9 Å². The second-order valence-corrected chi connectivity index (χ2v) is 12.5. The van der Waals surface area contributed by atoms with Gasteiger partial charge in [0.05, 0.1) is 0 Å². The normalized spacial score (nSPS) is 22.6. The van der Waals surface area contributed by atoms with Crippen LogP contribution in [0.25, 0.3) is 0 Å². The fourth-order valence-electron chi connectivity index (χ4n) is 5.95. The van der Waals surface area contributed by atoms with E-state index in [1.807, 2.05) is 4.90 Å². The Balaban J connectivity index is 1.08. The largest absolute Gasteiger partial charge is 0.429 e. The molecule has 0 saturated carbocycles. The van der Waals surface area contributed by atoms with E-state index in [4.69, 9.17) is 0 Å². The van der Waals surface area contributed by atoms with Crippen molar-refractivity contribution in [3.05, 3.63) is 29.8 Å². The number of carbonyl (C=O) groups excluding carboxylic acids is 1. The number of hydrogen-bond donors (Lipinski definition) is 2. The fraction of sp³-hybridized carbons (Fsp3) is 0.733. The van der Waals surface area contributed by atoms with Crippen LogP contribution < -0.4 is 10.6 Å². The molecule has 0 bridgehead atoms. The van der Waals surface area contributed by atoms with E-state index in [0.29, 0.717) is 32.0 Å². The number of amides is 1. The summed E-state index contributed by atoms with van der Waals surface area (Å²) in [5, 5.41) is 7.09. The predicted molar refractivity (Wildman–Crippen MR) is 152 cm³/mol. The van der Waals surface area contributed by atoms with E-state index in [2.05, 4.69) is 65.6 Å². The van der Waals surface area contributed by atoms with E-state index < -0.39 is 11.9 Å². The molecule has 0 aliphatic carbocycles. The van der Waals surface area contributed by atoms with Crippen LogP contribution in [-0.4, -0.2) is 85.0 Å².